The number of nitrogens with zero attached hydrogens (tertiary/aromatic N) is 1. The number of halogens is 1. The molecule has 0 saturated carbocycles. The number of aromatic hydroxyl groups is 1. The maximum Gasteiger partial charge on any atom is 0.257 e. The molecule has 0 radical (unpaired) electrons. The van der Waals surface area contributed by atoms with Crippen LogP contribution in [0.1, 0.15) is 23.7 Å². The van der Waals surface area contributed by atoms with Gasteiger partial charge in [-0.1, -0.05) is 22.9 Å². The summed E-state index contributed by atoms with van der Waals surface area (Å²) >= 11 is 3.28. The third-order valence-corrected chi connectivity index (χ3v) is 3.89. The number of amides is 1. The smallest absolute Gasteiger partial charge is 0.257 e. The number of carbonyl (C=O) groups excluding carboxylic acids is 1. The highest BCUT2D eigenvalue weighted by molar-refractivity contribution is 9.10. The second kappa shape index (κ2) is 5.28. The molecule has 1 aliphatic heterocycles. The lowest BCUT2D eigenvalue weighted by Gasteiger charge is -2.34. The Labute approximate surface area is 114 Å². The average Bonchev–Trinajstić information content (AvgIpc) is 2.35. The van der Waals surface area contributed by atoms with Gasteiger partial charge in [-0.3, -0.25) is 4.79 Å². The lowest BCUT2D eigenvalue weighted by molar-refractivity contribution is 0.0247. The molecule has 0 bridgehead atoms. The number of piperidine rings is 1. The molecule has 0 aliphatic carbocycles. The number of hydrogen-bond donors (Lipinski definition) is 2. The van der Waals surface area contributed by atoms with E-state index in [9.17, 15) is 15.0 Å². The quantitative estimate of drug-likeness (QED) is 0.833. The first-order chi connectivity index (χ1) is 8.49. The molecular formula is C13H16BrNO3. The fourth-order valence-electron chi connectivity index (χ4n) is 2.08. The van der Waals surface area contributed by atoms with Crippen LogP contribution in [0, 0.1) is 5.92 Å². The van der Waals surface area contributed by atoms with Crippen molar-refractivity contribution in [2.75, 3.05) is 13.1 Å². The van der Waals surface area contributed by atoms with Gasteiger partial charge in [0, 0.05) is 17.6 Å². The number of aliphatic hydroxyl groups excluding tert-OH is 1. The Morgan fingerprint density at radius 3 is 2.89 bits per heavy atom. The maximum atomic E-state index is 12.3. The van der Waals surface area contributed by atoms with Gasteiger partial charge < -0.3 is 15.1 Å². The van der Waals surface area contributed by atoms with Crippen LogP contribution in [0.25, 0.3) is 0 Å². The van der Waals surface area contributed by atoms with Gasteiger partial charge in [0.05, 0.1) is 11.7 Å². The van der Waals surface area contributed by atoms with Crippen molar-refractivity contribution >= 4 is 21.8 Å². The van der Waals surface area contributed by atoms with Gasteiger partial charge in [0.25, 0.3) is 5.91 Å². The Morgan fingerprint density at radius 1 is 1.50 bits per heavy atom. The third kappa shape index (κ3) is 2.67. The van der Waals surface area contributed by atoms with Gasteiger partial charge in [-0.2, -0.15) is 0 Å². The maximum absolute atomic E-state index is 12.3. The predicted octanol–water partition coefficient (Wildman–Crippen LogP) is 2.00. The Hall–Kier alpha value is -1.07. The fraction of sp³-hybridized carbons (Fsp3) is 0.462. The molecule has 0 aromatic heterocycles. The van der Waals surface area contributed by atoms with E-state index in [1.54, 1.807) is 17.0 Å². The summed E-state index contributed by atoms with van der Waals surface area (Å²) in [6, 6.07) is 4.77. The Morgan fingerprint density at radius 2 is 2.22 bits per heavy atom. The molecule has 0 spiro atoms. The van der Waals surface area contributed by atoms with Crippen molar-refractivity contribution in [3.8, 4) is 5.75 Å². The molecule has 2 unspecified atom stereocenters. The van der Waals surface area contributed by atoms with Crippen LogP contribution in [0.15, 0.2) is 22.7 Å². The van der Waals surface area contributed by atoms with Crippen molar-refractivity contribution < 1.29 is 15.0 Å². The largest absolute Gasteiger partial charge is 0.507 e. The van der Waals surface area contributed by atoms with Crippen molar-refractivity contribution in [1.82, 2.24) is 4.90 Å². The van der Waals surface area contributed by atoms with Crippen molar-refractivity contribution in [3.63, 3.8) is 0 Å². The molecule has 2 atom stereocenters. The monoisotopic (exact) mass is 313 g/mol. The summed E-state index contributed by atoms with van der Waals surface area (Å²) in [6.45, 7) is 2.91. The SMILES string of the molecule is CC1CCN(C(=O)c2cc(Br)ccc2O)CC1O. The van der Waals surface area contributed by atoms with Gasteiger partial charge in [0.1, 0.15) is 5.75 Å². The van der Waals surface area contributed by atoms with E-state index in [0.717, 1.165) is 10.9 Å². The van der Waals surface area contributed by atoms with Crippen LogP contribution in [-0.4, -0.2) is 40.2 Å². The Bertz CT molecular complexity index is 464. The standard InChI is InChI=1S/C13H16BrNO3/c1-8-4-5-15(7-12(8)17)13(18)10-6-9(14)2-3-11(10)16/h2-3,6,8,12,16-17H,4-5,7H2,1H3. The molecule has 18 heavy (non-hydrogen) atoms. The number of phenolic OH excluding ortho intramolecular Hbond substituents is 1. The molecule has 1 fully saturated rings. The van der Waals surface area contributed by atoms with Crippen molar-refractivity contribution in [2.24, 2.45) is 5.92 Å². The predicted molar refractivity (Wildman–Crippen MR) is 71.5 cm³/mol. The highest BCUT2D eigenvalue weighted by atomic mass is 79.9. The second-order valence-electron chi connectivity index (χ2n) is 4.75. The first-order valence-electron chi connectivity index (χ1n) is 5.95. The average molecular weight is 314 g/mol. The van der Waals surface area contributed by atoms with Gasteiger partial charge in [-0.05, 0) is 30.5 Å². The number of rotatable bonds is 1. The molecule has 1 amide bonds. The van der Waals surface area contributed by atoms with Gasteiger partial charge >= 0.3 is 0 Å². The Kier molecular flexibility index (Phi) is 3.92. The van der Waals surface area contributed by atoms with Crippen molar-refractivity contribution in [3.05, 3.63) is 28.2 Å². The van der Waals surface area contributed by atoms with E-state index in [1.165, 1.54) is 6.07 Å². The normalized spacial score (nSPS) is 24.1. The number of carbonyl (C=O) groups is 1. The number of β-amino-alcohol motifs (C(OH)–C–C–N with tert-alkyl or cyclic N) is 1. The van der Waals surface area contributed by atoms with E-state index in [1.807, 2.05) is 6.92 Å². The highest BCUT2D eigenvalue weighted by Gasteiger charge is 2.28. The molecule has 1 saturated heterocycles. The number of hydrogen-bond acceptors (Lipinski definition) is 3. The van der Waals surface area contributed by atoms with Gasteiger partial charge in [-0.15, -0.1) is 0 Å². The zero-order chi connectivity index (χ0) is 13.3. The zero-order valence-electron chi connectivity index (χ0n) is 10.1. The molecule has 5 heteroatoms. The highest BCUT2D eigenvalue weighted by Crippen LogP contribution is 2.25. The minimum atomic E-state index is -0.489. The lowest BCUT2D eigenvalue weighted by Crippen LogP contribution is -2.45. The molecule has 98 valence electrons. The van der Waals surface area contributed by atoms with Crippen LogP contribution in [0.3, 0.4) is 0 Å². The van der Waals surface area contributed by atoms with E-state index in [0.29, 0.717) is 13.1 Å². The summed E-state index contributed by atoms with van der Waals surface area (Å²) in [6.07, 6.45) is 0.291. The summed E-state index contributed by atoms with van der Waals surface area (Å²) in [5, 5.41) is 19.5. The van der Waals surface area contributed by atoms with Crippen molar-refractivity contribution in [1.29, 1.82) is 0 Å². The summed E-state index contributed by atoms with van der Waals surface area (Å²) in [7, 11) is 0. The third-order valence-electron chi connectivity index (χ3n) is 3.39. The van der Waals surface area contributed by atoms with E-state index in [2.05, 4.69) is 15.9 Å². The van der Waals surface area contributed by atoms with E-state index in [-0.39, 0.29) is 23.1 Å². The van der Waals surface area contributed by atoms with E-state index >= 15 is 0 Å². The molecule has 1 aliphatic rings. The Balaban J connectivity index is 2.19. The molecule has 1 aromatic carbocycles. The van der Waals surface area contributed by atoms with Crippen LogP contribution < -0.4 is 0 Å². The van der Waals surface area contributed by atoms with Crippen LogP contribution >= 0.6 is 15.9 Å². The number of likely N-dealkylation sites (tertiary alicyclic amines) is 1. The van der Waals surface area contributed by atoms with Gasteiger partial charge in [0.2, 0.25) is 0 Å². The van der Waals surface area contributed by atoms with Crippen LogP contribution in [-0.2, 0) is 0 Å². The van der Waals surface area contributed by atoms with Crippen molar-refractivity contribution in [2.45, 2.75) is 19.4 Å². The molecule has 2 rings (SSSR count). The fourth-order valence-corrected chi connectivity index (χ4v) is 2.44. The minimum absolute atomic E-state index is 0.0312. The summed E-state index contributed by atoms with van der Waals surface area (Å²) in [5.41, 5.74) is 0.270. The lowest BCUT2D eigenvalue weighted by atomic mass is 9.95. The van der Waals surface area contributed by atoms with E-state index < -0.39 is 6.10 Å². The molecule has 1 heterocycles. The summed E-state index contributed by atoms with van der Waals surface area (Å²) in [5.74, 6) is -0.0544. The number of phenols is 1. The molecule has 4 nitrogen and oxygen atoms in total. The first-order valence-corrected chi connectivity index (χ1v) is 6.74. The molecule has 1 aromatic rings. The van der Waals surface area contributed by atoms with Crippen LogP contribution in [0.2, 0.25) is 0 Å². The van der Waals surface area contributed by atoms with Gasteiger partial charge in [-0.25, -0.2) is 0 Å². The topological polar surface area (TPSA) is 60.8 Å². The summed E-state index contributed by atoms with van der Waals surface area (Å²) < 4.78 is 0.745. The van der Waals surface area contributed by atoms with Crippen LogP contribution in [0.4, 0.5) is 0 Å². The minimum Gasteiger partial charge on any atom is -0.507 e. The molecule has 2 N–H and O–H groups in total. The second-order valence-corrected chi connectivity index (χ2v) is 5.66. The van der Waals surface area contributed by atoms with Gasteiger partial charge in [0.15, 0.2) is 0 Å². The number of benzene rings is 1. The summed E-state index contributed by atoms with van der Waals surface area (Å²) in [4.78, 5) is 13.8. The van der Waals surface area contributed by atoms with E-state index in [4.69, 9.17) is 0 Å². The number of aliphatic hydroxyl groups is 1. The zero-order valence-corrected chi connectivity index (χ0v) is 11.7. The first kappa shape index (κ1) is 13.4. The van der Waals surface area contributed by atoms with Crippen LogP contribution in [0.5, 0.6) is 5.75 Å². The molecular weight excluding hydrogens is 298 g/mol.